The Morgan fingerprint density at radius 1 is 1.67 bits per heavy atom. The molecule has 1 unspecified atom stereocenters. The van der Waals surface area contributed by atoms with E-state index < -0.39 is 5.91 Å². The lowest BCUT2D eigenvalue weighted by atomic mass is 9.98. The van der Waals surface area contributed by atoms with Crippen LogP contribution in [-0.4, -0.2) is 42.5 Å². The van der Waals surface area contributed by atoms with Crippen LogP contribution in [-0.2, 0) is 0 Å². The predicted octanol–water partition coefficient (Wildman–Crippen LogP) is 0.934. The summed E-state index contributed by atoms with van der Waals surface area (Å²) in [6, 6.07) is 3.56. The van der Waals surface area contributed by atoms with Crippen LogP contribution in [0.1, 0.15) is 23.3 Å². The van der Waals surface area contributed by atoms with E-state index in [1.807, 2.05) is 6.07 Å². The first-order valence-corrected chi connectivity index (χ1v) is 6.33. The molecule has 0 aliphatic carbocycles. The van der Waals surface area contributed by atoms with E-state index in [0.29, 0.717) is 11.6 Å². The quantitative estimate of drug-likeness (QED) is 0.831. The van der Waals surface area contributed by atoms with Crippen molar-refractivity contribution in [2.24, 2.45) is 11.7 Å². The van der Waals surface area contributed by atoms with Gasteiger partial charge in [0.15, 0.2) is 0 Å². The van der Waals surface area contributed by atoms with Gasteiger partial charge in [-0.3, -0.25) is 9.78 Å². The third-order valence-corrected chi connectivity index (χ3v) is 3.33. The highest BCUT2D eigenvalue weighted by Gasteiger charge is 2.16. The number of rotatable bonds is 4. The van der Waals surface area contributed by atoms with E-state index in [4.69, 9.17) is 5.73 Å². The summed E-state index contributed by atoms with van der Waals surface area (Å²) in [6.45, 7) is 3.24. The predicted molar refractivity (Wildman–Crippen MR) is 71.5 cm³/mol. The van der Waals surface area contributed by atoms with E-state index in [0.717, 1.165) is 18.8 Å². The number of carbonyl (C=O) groups excluding carboxylic acids is 1. The molecule has 98 valence electrons. The molecule has 0 bridgehead atoms. The molecule has 5 nitrogen and oxygen atoms in total. The number of carbonyl (C=O) groups is 1. The lowest BCUT2D eigenvalue weighted by Gasteiger charge is -2.29. The number of nitrogens with zero attached hydrogens (tertiary/aromatic N) is 2. The minimum absolute atomic E-state index is 0.306. The van der Waals surface area contributed by atoms with Gasteiger partial charge in [-0.2, -0.15) is 0 Å². The Hall–Kier alpha value is -1.62. The van der Waals surface area contributed by atoms with Gasteiger partial charge < -0.3 is 16.0 Å². The standard InChI is InChI=1S/C13H20N4O/c1-17-6-2-3-10(9-17)8-16-11-4-5-15-12(7-11)13(14)18/h4-5,7,10H,2-3,6,8-9H2,1H3,(H2,14,18)(H,15,16). The van der Waals surface area contributed by atoms with Gasteiger partial charge in [-0.05, 0) is 44.5 Å². The first kappa shape index (κ1) is 12.8. The molecule has 18 heavy (non-hydrogen) atoms. The molecule has 1 fully saturated rings. The number of primary amides is 1. The first-order valence-electron chi connectivity index (χ1n) is 6.33. The van der Waals surface area contributed by atoms with Crippen molar-refractivity contribution < 1.29 is 4.79 Å². The highest BCUT2D eigenvalue weighted by molar-refractivity contribution is 5.91. The maximum absolute atomic E-state index is 11.0. The zero-order chi connectivity index (χ0) is 13.0. The van der Waals surface area contributed by atoms with Gasteiger partial charge in [0.25, 0.3) is 5.91 Å². The van der Waals surface area contributed by atoms with Crippen molar-refractivity contribution in [3.63, 3.8) is 0 Å². The number of pyridine rings is 1. The fraction of sp³-hybridized carbons (Fsp3) is 0.538. The lowest BCUT2D eigenvalue weighted by molar-refractivity contribution is 0.0995. The van der Waals surface area contributed by atoms with Crippen molar-refractivity contribution in [3.8, 4) is 0 Å². The van der Waals surface area contributed by atoms with Gasteiger partial charge in [0, 0.05) is 25.0 Å². The third kappa shape index (κ3) is 3.43. The molecule has 1 aromatic rings. The van der Waals surface area contributed by atoms with Gasteiger partial charge >= 0.3 is 0 Å². The highest BCUT2D eigenvalue weighted by atomic mass is 16.1. The second kappa shape index (κ2) is 5.82. The van der Waals surface area contributed by atoms with Gasteiger partial charge in [-0.1, -0.05) is 0 Å². The molecule has 0 spiro atoms. The summed E-state index contributed by atoms with van der Waals surface area (Å²) >= 11 is 0. The number of aromatic nitrogens is 1. The molecule has 0 radical (unpaired) electrons. The third-order valence-electron chi connectivity index (χ3n) is 3.33. The lowest BCUT2D eigenvalue weighted by Crippen LogP contribution is -2.35. The maximum atomic E-state index is 11.0. The number of amides is 1. The molecule has 2 rings (SSSR count). The van der Waals surface area contributed by atoms with E-state index in [2.05, 4.69) is 22.2 Å². The van der Waals surface area contributed by atoms with Crippen LogP contribution in [0.25, 0.3) is 0 Å². The number of likely N-dealkylation sites (tertiary alicyclic amines) is 1. The molecule has 3 N–H and O–H groups in total. The second-order valence-electron chi connectivity index (χ2n) is 4.95. The topological polar surface area (TPSA) is 71.2 Å². The number of piperidine rings is 1. The number of hydrogen-bond donors (Lipinski definition) is 2. The zero-order valence-corrected chi connectivity index (χ0v) is 10.7. The van der Waals surface area contributed by atoms with Crippen LogP contribution >= 0.6 is 0 Å². The van der Waals surface area contributed by atoms with Gasteiger partial charge in [-0.25, -0.2) is 0 Å². The van der Waals surface area contributed by atoms with Crippen LogP contribution in [0.2, 0.25) is 0 Å². The van der Waals surface area contributed by atoms with Gasteiger partial charge in [0.2, 0.25) is 0 Å². The minimum Gasteiger partial charge on any atom is -0.385 e. The van der Waals surface area contributed by atoms with E-state index in [9.17, 15) is 4.79 Å². The first-order chi connectivity index (χ1) is 8.65. The van der Waals surface area contributed by atoms with Crippen LogP contribution in [0.4, 0.5) is 5.69 Å². The SMILES string of the molecule is CN1CCCC(CNc2ccnc(C(N)=O)c2)C1. The molecule has 0 aromatic carbocycles. The van der Waals surface area contributed by atoms with Gasteiger partial charge in [0.1, 0.15) is 5.69 Å². The molecule has 1 aliphatic heterocycles. The minimum atomic E-state index is -0.490. The summed E-state index contributed by atoms with van der Waals surface area (Å²) < 4.78 is 0. The fourth-order valence-electron chi connectivity index (χ4n) is 2.38. The van der Waals surface area contributed by atoms with Crippen LogP contribution in [0.3, 0.4) is 0 Å². The normalized spacial score (nSPS) is 20.6. The summed E-state index contributed by atoms with van der Waals surface area (Å²) in [7, 11) is 2.16. The maximum Gasteiger partial charge on any atom is 0.267 e. The molecular weight excluding hydrogens is 228 g/mol. The Balaban J connectivity index is 1.89. The van der Waals surface area contributed by atoms with Crippen molar-refractivity contribution in [2.75, 3.05) is 32.0 Å². The van der Waals surface area contributed by atoms with Crippen molar-refractivity contribution in [1.82, 2.24) is 9.88 Å². The van der Waals surface area contributed by atoms with Crippen LogP contribution in [0.5, 0.6) is 0 Å². The Morgan fingerprint density at radius 2 is 2.50 bits per heavy atom. The van der Waals surface area contributed by atoms with Crippen molar-refractivity contribution in [2.45, 2.75) is 12.8 Å². The highest BCUT2D eigenvalue weighted by Crippen LogP contribution is 2.16. The average Bonchev–Trinajstić information content (AvgIpc) is 2.37. The molecule has 0 saturated carbocycles. The Labute approximate surface area is 107 Å². The number of nitrogens with one attached hydrogen (secondary N) is 1. The van der Waals surface area contributed by atoms with Crippen molar-refractivity contribution in [3.05, 3.63) is 24.0 Å². The monoisotopic (exact) mass is 248 g/mol. The average molecular weight is 248 g/mol. The van der Waals surface area contributed by atoms with Crippen LogP contribution in [0.15, 0.2) is 18.3 Å². The van der Waals surface area contributed by atoms with Crippen molar-refractivity contribution >= 4 is 11.6 Å². The van der Waals surface area contributed by atoms with Crippen LogP contribution < -0.4 is 11.1 Å². The van der Waals surface area contributed by atoms with E-state index in [1.54, 1.807) is 12.3 Å². The summed E-state index contributed by atoms with van der Waals surface area (Å²) in [5.41, 5.74) is 6.42. The summed E-state index contributed by atoms with van der Waals surface area (Å²) in [5, 5.41) is 3.36. The number of nitrogens with two attached hydrogens (primary N) is 1. The number of anilines is 1. The largest absolute Gasteiger partial charge is 0.385 e. The Bertz CT molecular complexity index is 421. The molecule has 1 aliphatic rings. The smallest absolute Gasteiger partial charge is 0.267 e. The Morgan fingerprint density at radius 3 is 3.22 bits per heavy atom. The second-order valence-corrected chi connectivity index (χ2v) is 4.95. The van der Waals surface area contributed by atoms with E-state index in [-0.39, 0.29) is 0 Å². The van der Waals surface area contributed by atoms with Crippen LogP contribution in [0, 0.1) is 5.92 Å². The molecule has 1 aromatic heterocycles. The van der Waals surface area contributed by atoms with Gasteiger partial charge in [-0.15, -0.1) is 0 Å². The molecule has 5 heteroatoms. The van der Waals surface area contributed by atoms with Crippen molar-refractivity contribution in [1.29, 1.82) is 0 Å². The fourth-order valence-corrected chi connectivity index (χ4v) is 2.38. The number of hydrogen-bond acceptors (Lipinski definition) is 4. The molecular formula is C13H20N4O. The molecule has 1 atom stereocenters. The van der Waals surface area contributed by atoms with E-state index in [1.165, 1.54) is 19.4 Å². The molecule has 1 amide bonds. The van der Waals surface area contributed by atoms with E-state index >= 15 is 0 Å². The summed E-state index contributed by atoms with van der Waals surface area (Å²) in [4.78, 5) is 17.3. The zero-order valence-electron chi connectivity index (χ0n) is 10.7. The Kier molecular flexibility index (Phi) is 4.15. The summed E-state index contributed by atoms with van der Waals surface area (Å²) in [5.74, 6) is 0.171. The summed E-state index contributed by atoms with van der Waals surface area (Å²) in [6.07, 6.45) is 4.12. The van der Waals surface area contributed by atoms with Gasteiger partial charge in [0.05, 0.1) is 0 Å². The molecule has 1 saturated heterocycles. The molecule has 2 heterocycles.